The second-order valence-electron chi connectivity index (χ2n) is 10.8. The van der Waals surface area contributed by atoms with E-state index in [4.69, 9.17) is 4.74 Å². The van der Waals surface area contributed by atoms with Crippen LogP contribution in [0.3, 0.4) is 0 Å². The van der Waals surface area contributed by atoms with Gasteiger partial charge in [0.25, 0.3) is 5.91 Å². The summed E-state index contributed by atoms with van der Waals surface area (Å²) in [7, 11) is 1.96. The van der Waals surface area contributed by atoms with Crippen LogP contribution in [0.1, 0.15) is 67.6 Å². The van der Waals surface area contributed by atoms with E-state index in [1.54, 1.807) is 6.07 Å². The third kappa shape index (κ3) is 6.09. The summed E-state index contributed by atoms with van der Waals surface area (Å²) in [5, 5.41) is 10.9. The second-order valence-corrected chi connectivity index (χ2v) is 10.8. The normalized spacial score (nSPS) is 21.9. The molecule has 2 aliphatic rings. The molecule has 1 fully saturated rings. The van der Waals surface area contributed by atoms with E-state index in [0.717, 1.165) is 57.4 Å². The van der Waals surface area contributed by atoms with Gasteiger partial charge in [-0.1, -0.05) is 32.4 Å². The monoisotopic (exact) mass is 495 g/mol. The van der Waals surface area contributed by atoms with Crippen molar-refractivity contribution in [1.82, 2.24) is 25.3 Å². The Hall–Kier alpha value is -2.87. The number of benzene rings is 1. The molecule has 0 aliphatic carbocycles. The van der Waals surface area contributed by atoms with Crippen LogP contribution in [0.4, 0.5) is 0 Å². The topological polar surface area (TPSA) is 88.5 Å². The predicted octanol–water partition coefficient (Wildman–Crippen LogP) is 3.44. The van der Waals surface area contributed by atoms with E-state index < -0.39 is 0 Å². The zero-order valence-corrected chi connectivity index (χ0v) is 22.2. The van der Waals surface area contributed by atoms with Gasteiger partial charge in [-0.15, -0.1) is 0 Å². The number of carbonyl (C=O) groups excluding carboxylic acids is 2. The molecule has 8 nitrogen and oxygen atoms in total. The Morgan fingerprint density at radius 3 is 2.58 bits per heavy atom. The fourth-order valence-corrected chi connectivity index (χ4v) is 5.34. The first-order chi connectivity index (χ1) is 17.3. The number of nitrogens with one attached hydrogen (secondary N) is 2. The summed E-state index contributed by atoms with van der Waals surface area (Å²) in [4.78, 5) is 29.0. The molecule has 0 unspecified atom stereocenters. The van der Waals surface area contributed by atoms with Crippen LogP contribution in [0.15, 0.2) is 30.5 Å². The number of fused-ring (bicyclic) bond motifs is 1. The molecule has 0 bridgehead atoms. The minimum absolute atomic E-state index is 0.110. The molecule has 1 spiro atoms. The third-order valence-corrected chi connectivity index (χ3v) is 7.84. The molecule has 8 heteroatoms. The fourth-order valence-electron chi connectivity index (χ4n) is 5.34. The summed E-state index contributed by atoms with van der Waals surface area (Å²) >= 11 is 0. The van der Waals surface area contributed by atoms with Crippen LogP contribution < -0.4 is 15.4 Å². The molecule has 1 aromatic heterocycles. The number of likely N-dealkylation sites (tertiary alicyclic amines) is 1. The first-order valence-corrected chi connectivity index (χ1v) is 13.3. The number of piperidine rings is 1. The lowest BCUT2D eigenvalue weighted by molar-refractivity contribution is -0.136. The molecule has 2 aliphatic heterocycles. The smallest absolute Gasteiger partial charge is 0.255 e. The number of aromatic nitrogens is 2. The van der Waals surface area contributed by atoms with E-state index in [2.05, 4.69) is 47.6 Å². The Morgan fingerprint density at radius 2 is 1.89 bits per heavy atom. The van der Waals surface area contributed by atoms with Crippen molar-refractivity contribution < 1.29 is 14.3 Å². The largest absolute Gasteiger partial charge is 0.491 e. The van der Waals surface area contributed by atoms with Crippen molar-refractivity contribution in [2.45, 2.75) is 65.5 Å². The summed E-state index contributed by atoms with van der Waals surface area (Å²) in [6, 6.07) is 7.19. The van der Waals surface area contributed by atoms with E-state index >= 15 is 0 Å². The zero-order chi connectivity index (χ0) is 25.7. The van der Waals surface area contributed by atoms with Crippen molar-refractivity contribution in [2.75, 3.05) is 26.2 Å². The molecule has 1 aromatic carbocycles. The summed E-state index contributed by atoms with van der Waals surface area (Å²) in [5.74, 6) is 0.798. The number of hydrogen-bond donors (Lipinski definition) is 2. The van der Waals surface area contributed by atoms with Crippen LogP contribution in [-0.2, 0) is 18.4 Å². The summed E-state index contributed by atoms with van der Waals surface area (Å²) in [6.07, 6.45) is 6.33. The summed E-state index contributed by atoms with van der Waals surface area (Å²) in [6.45, 7) is 9.80. The van der Waals surface area contributed by atoms with E-state index in [1.165, 1.54) is 5.56 Å². The average molecular weight is 496 g/mol. The summed E-state index contributed by atoms with van der Waals surface area (Å²) < 4.78 is 7.97. The van der Waals surface area contributed by atoms with Crippen LogP contribution in [-0.4, -0.2) is 58.8 Å². The van der Waals surface area contributed by atoms with Gasteiger partial charge in [0.2, 0.25) is 5.91 Å². The van der Waals surface area contributed by atoms with Gasteiger partial charge in [0.1, 0.15) is 12.4 Å². The van der Waals surface area contributed by atoms with Crippen LogP contribution in [0.5, 0.6) is 5.75 Å². The van der Waals surface area contributed by atoms with E-state index in [9.17, 15) is 9.59 Å². The molecule has 36 heavy (non-hydrogen) atoms. The van der Waals surface area contributed by atoms with Crippen LogP contribution in [0, 0.1) is 18.3 Å². The van der Waals surface area contributed by atoms with E-state index in [0.29, 0.717) is 24.5 Å². The van der Waals surface area contributed by atoms with Crippen molar-refractivity contribution in [1.29, 1.82) is 0 Å². The lowest BCUT2D eigenvalue weighted by atomic mass is 9.73. The van der Waals surface area contributed by atoms with Crippen LogP contribution in [0.2, 0.25) is 0 Å². The molecular formula is C28H41N5O3. The van der Waals surface area contributed by atoms with Crippen molar-refractivity contribution in [2.24, 2.45) is 18.4 Å². The highest BCUT2D eigenvalue weighted by atomic mass is 16.5. The van der Waals surface area contributed by atoms with Crippen molar-refractivity contribution in [3.05, 3.63) is 47.3 Å². The maximum absolute atomic E-state index is 13.8. The molecule has 3 heterocycles. The molecule has 1 atom stereocenters. The fraction of sp³-hybridized carbons (Fsp3) is 0.607. The molecule has 2 N–H and O–H groups in total. The lowest BCUT2D eigenvalue weighted by Crippen LogP contribution is -2.53. The molecular weight excluding hydrogens is 454 g/mol. The van der Waals surface area contributed by atoms with Crippen LogP contribution >= 0.6 is 0 Å². The summed E-state index contributed by atoms with van der Waals surface area (Å²) in [5.41, 5.74) is 2.46. The number of para-hydroxylation sites is 1. The first kappa shape index (κ1) is 26.2. The first-order valence-electron chi connectivity index (χ1n) is 13.3. The number of amides is 2. The number of nitrogens with zero attached hydrogens (tertiary/aromatic N) is 3. The Kier molecular flexibility index (Phi) is 8.34. The molecule has 0 saturated carbocycles. The average Bonchev–Trinajstić information content (AvgIpc) is 3.18. The Morgan fingerprint density at radius 1 is 1.14 bits per heavy atom. The molecule has 2 aromatic rings. The van der Waals surface area contributed by atoms with Gasteiger partial charge in [-0.05, 0) is 63.7 Å². The van der Waals surface area contributed by atoms with Gasteiger partial charge in [0.15, 0.2) is 0 Å². The van der Waals surface area contributed by atoms with Crippen molar-refractivity contribution >= 4 is 11.8 Å². The van der Waals surface area contributed by atoms with Gasteiger partial charge in [0.05, 0.1) is 22.7 Å². The quantitative estimate of drug-likeness (QED) is 0.681. The number of carbonyl (C=O) groups is 2. The maximum Gasteiger partial charge on any atom is 0.255 e. The number of hydrogen-bond acceptors (Lipinski definition) is 5. The van der Waals surface area contributed by atoms with Crippen LogP contribution in [0.25, 0.3) is 0 Å². The minimum Gasteiger partial charge on any atom is -0.491 e. The van der Waals surface area contributed by atoms with Gasteiger partial charge >= 0.3 is 0 Å². The third-order valence-electron chi connectivity index (χ3n) is 7.84. The molecule has 2 amide bonds. The van der Waals surface area contributed by atoms with Gasteiger partial charge in [0, 0.05) is 31.9 Å². The van der Waals surface area contributed by atoms with Gasteiger partial charge < -0.3 is 15.4 Å². The number of ether oxygens (including phenoxy) is 1. The Bertz CT molecular complexity index is 1060. The predicted molar refractivity (Wildman–Crippen MR) is 140 cm³/mol. The highest BCUT2D eigenvalue weighted by molar-refractivity contribution is 5.96. The molecule has 0 radical (unpaired) electrons. The van der Waals surface area contributed by atoms with Gasteiger partial charge in [-0.25, -0.2) is 0 Å². The van der Waals surface area contributed by atoms with Crippen molar-refractivity contribution in [3.63, 3.8) is 0 Å². The maximum atomic E-state index is 13.8. The highest BCUT2D eigenvalue weighted by Gasteiger charge is 2.42. The van der Waals surface area contributed by atoms with E-state index in [1.807, 2.05) is 29.9 Å². The highest BCUT2D eigenvalue weighted by Crippen LogP contribution is 2.38. The molecule has 1 saturated heterocycles. The second kappa shape index (κ2) is 11.5. The van der Waals surface area contributed by atoms with E-state index in [-0.39, 0.29) is 29.2 Å². The Labute approximate surface area is 214 Å². The number of rotatable bonds is 3. The van der Waals surface area contributed by atoms with Gasteiger partial charge in [-0.3, -0.25) is 19.2 Å². The number of aryl methyl sites for hydroxylation is 2. The van der Waals surface area contributed by atoms with Gasteiger partial charge in [-0.2, -0.15) is 5.10 Å². The van der Waals surface area contributed by atoms with Crippen molar-refractivity contribution in [3.8, 4) is 5.75 Å². The molecule has 4 rings (SSSR count). The lowest BCUT2D eigenvalue weighted by Gasteiger charge is -2.42. The standard InChI is InChI=1S/C28H41N5O3/c1-20(2)24-19-36-25-10-6-5-9-23(25)26(34)29-14-8-7-11-28(27(35)30-24)12-15-33(16-13-28)18-22-17-32(4)31-21(22)3/h5-6,9-10,17,20,24H,7-8,11-16,18-19H2,1-4H3,(H,29,34)(H,30,35)/t24-/m1/s1. The zero-order valence-electron chi connectivity index (χ0n) is 22.2. The Balaban J connectivity index is 1.48. The minimum atomic E-state index is -0.389. The SMILES string of the molecule is Cc1nn(C)cc1CN1CCC2(CCCCNC(=O)c3ccccc3OC[C@H](C(C)C)NC2=O)CC1. The molecule has 196 valence electrons.